The van der Waals surface area contributed by atoms with E-state index in [1.807, 2.05) is 6.92 Å². The van der Waals surface area contributed by atoms with Gasteiger partial charge < -0.3 is 9.26 Å². The second kappa shape index (κ2) is 5.60. The van der Waals surface area contributed by atoms with Crippen LogP contribution in [0.25, 0.3) is 0 Å². The summed E-state index contributed by atoms with van der Waals surface area (Å²) < 4.78 is 10.6. The van der Waals surface area contributed by atoms with Crippen LogP contribution in [0.15, 0.2) is 4.52 Å². The van der Waals surface area contributed by atoms with Crippen molar-refractivity contribution in [1.29, 1.82) is 0 Å². The van der Waals surface area contributed by atoms with Gasteiger partial charge in [-0.25, -0.2) is 0 Å². The quantitative estimate of drug-likeness (QED) is 0.802. The van der Waals surface area contributed by atoms with Crippen molar-refractivity contribution in [3.05, 3.63) is 11.7 Å². The Morgan fingerprint density at radius 1 is 1.47 bits per heavy atom. The molecule has 1 aromatic heterocycles. The van der Waals surface area contributed by atoms with Crippen molar-refractivity contribution in [2.45, 2.75) is 33.2 Å². The third-order valence-corrected chi connectivity index (χ3v) is 3.07. The minimum absolute atomic E-state index is 0.153. The number of rotatable bonds is 4. The largest absolute Gasteiger partial charge is 0.378 e. The number of aryl methyl sites for hydroxylation is 1. The fraction of sp³-hybridized carbons (Fsp3) is 0.833. The topological polar surface area (TPSA) is 51.4 Å². The summed E-state index contributed by atoms with van der Waals surface area (Å²) in [6.45, 7) is 9.79. The zero-order valence-electron chi connectivity index (χ0n) is 10.8. The molecule has 0 bridgehead atoms. The van der Waals surface area contributed by atoms with Gasteiger partial charge in [-0.15, -0.1) is 0 Å². The SMILES string of the molecule is Cc1nc(C2COCCN2CCC(C)C)no1. The van der Waals surface area contributed by atoms with E-state index < -0.39 is 0 Å². The van der Waals surface area contributed by atoms with Crippen LogP contribution in [0.5, 0.6) is 0 Å². The standard InChI is InChI=1S/C12H21N3O2/c1-9(2)4-5-15-6-7-16-8-11(15)12-13-10(3)17-14-12/h9,11H,4-8H2,1-3H3. The lowest BCUT2D eigenvalue weighted by molar-refractivity contribution is -0.0141. The van der Waals surface area contributed by atoms with Gasteiger partial charge in [0.1, 0.15) is 0 Å². The Labute approximate surface area is 102 Å². The fourth-order valence-corrected chi connectivity index (χ4v) is 2.02. The minimum Gasteiger partial charge on any atom is -0.378 e. The zero-order valence-corrected chi connectivity index (χ0v) is 10.8. The molecule has 5 heteroatoms. The van der Waals surface area contributed by atoms with Crippen molar-refractivity contribution >= 4 is 0 Å². The highest BCUT2D eigenvalue weighted by molar-refractivity contribution is 4.95. The Bertz CT molecular complexity index is 351. The molecule has 0 aromatic carbocycles. The van der Waals surface area contributed by atoms with Gasteiger partial charge in [0.15, 0.2) is 5.82 Å². The highest BCUT2D eigenvalue weighted by Crippen LogP contribution is 2.22. The fourth-order valence-electron chi connectivity index (χ4n) is 2.02. The van der Waals surface area contributed by atoms with Crippen LogP contribution in [0.2, 0.25) is 0 Å². The van der Waals surface area contributed by atoms with Gasteiger partial charge in [0, 0.05) is 13.5 Å². The van der Waals surface area contributed by atoms with E-state index in [0.29, 0.717) is 18.4 Å². The molecule has 2 rings (SSSR count). The van der Waals surface area contributed by atoms with Gasteiger partial charge >= 0.3 is 0 Å². The summed E-state index contributed by atoms with van der Waals surface area (Å²) in [5, 5.41) is 4.01. The van der Waals surface area contributed by atoms with Crippen LogP contribution >= 0.6 is 0 Å². The van der Waals surface area contributed by atoms with Gasteiger partial charge in [-0.3, -0.25) is 4.90 Å². The first-order valence-electron chi connectivity index (χ1n) is 6.29. The molecule has 1 fully saturated rings. The van der Waals surface area contributed by atoms with E-state index >= 15 is 0 Å². The van der Waals surface area contributed by atoms with Crippen LogP contribution in [0, 0.1) is 12.8 Å². The molecular weight excluding hydrogens is 218 g/mol. The third-order valence-electron chi connectivity index (χ3n) is 3.07. The molecule has 1 saturated heterocycles. The summed E-state index contributed by atoms with van der Waals surface area (Å²) in [5.41, 5.74) is 0. The minimum atomic E-state index is 0.153. The van der Waals surface area contributed by atoms with Gasteiger partial charge in [-0.05, 0) is 18.9 Å². The second-order valence-electron chi connectivity index (χ2n) is 4.98. The van der Waals surface area contributed by atoms with Gasteiger partial charge in [-0.1, -0.05) is 19.0 Å². The maximum Gasteiger partial charge on any atom is 0.223 e. The number of hydrogen-bond acceptors (Lipinski definition) is 5. The van der Waals surface area contributed by atoms with Gasteiger partial charge in [0.2, 0.25) is 5.89 Å². The average Bonchev–Trinajstić information content (AvgIpc) is 2.73. The first kappa shape index (κ1) is 12.5. The Morgan fingerprint density at radius 3 is 2.94 bits per heavy atom. The number of hydrogen-bond donors (Lipinski definition) is 0. The molecule has 1 aromatic rings. The van der Waals surface area contributed by atoms with Crippen LogP contribution in [0.1, 0.15) is 38.0 Å². The van der Waals surface area contributed by atoms with Crippen molar-refractivity contribution < 1.29 is 9.26 Å². The maximum absolute atomic E-state index is 5.52. The number of morpholine rings is 1. The molecule has 2 heterocycles. The first-order valence-corrected chi connectivity index (χ1v) is 6.29. The summed E-state index contributed by atoms with van der Waals surface area (Å²) in [6.07, 6.45) is 1.19. The molecule has 0 N–H and O–H groups in total. The highest BCUT2D eigenvalue weighted by Gasteiger charge is 2.28. The molecule has 0 saturated carbocycles. The van der Waals surface area contributed by atoms with E-state index in [4.69, 9.17) is 9.26 Å². The first-order chi connectivity index (χ1) is 8.16. The van der Waals surface area contributed by atoms with Crippen molar-refractivity contribution in [2.75, 3.05) is 26.3 Å². The molecule has 1 aliphatic rings. The molecule has 96 valence electrons. The van der Waals surface area contributed by atoms with Crippen LogP contribution in [-0.2, 0) is 4.74 Å². The summed E-state index contributed by atoms with van der Waals surface area (Å²) in [4.78, 5) is 6.71. The summed E-state index contributed by atoms with van der Waals surface area (Å²) >= 11 is 0. The second-order valence-corrected chi connectivity index (χ2v) is 4.98. The molecule has 1 atom stereocenters. The Kier molecular flexibility index (Phi) is 4.12. The van der Waals surface area contributed by atoms with Crippen LogP contribution in [-0.4, -0.2) is 41.3 Å². The Hall–Kier alpha value is -0.940. The van der Waals surface area contributed by atoms with E-state index in [1.54, 1.807) is 0 Å². The molecule has 17 heavy (non-hydrogen) atoms. The lowest BCUT2D eigenvalue weighted by Gasteiger charge is -2.33. The van der Waals surface area contributed by atoms with E-state index in [2.05, 4.69) is 28.9 Å². The van der Waals surface area contributed by atoms with Crippen molar-refractivity contribution in [2.24, 2.45) is 5.92 Å². The predicted octanol–water partition coefficient (Wildman–Crippen LogP) is 1.80. The molecule has 0 radical (unpaired) electrons. The molecule has 0 spiro atoms. The van der Waals surface area contributed by atoms with Crippen molar-refractivity contribution in [3.8, 4) is 0 Å². The molecule has 0 aliphatic carbocycles. The van der Waals surface area contributed by atoms with Crippen LogP contribution in [0.3, 0.4) is 0 Å². The summed E-state index contributed by atoms with van der Waals surface area (Å²) in [7, 11) is 0. The number of aromatic nitrogens is 2. The van der Waals surface area contributed by atoms with Crippen molar-refractivity contribution in [3.63, 3.8) is 0 Å². The summed E-state index contributed by atoms with van der Waals surface area (Å²) in [5.74, 6) is 2.09. The molecule has 5 nitrogen and oxygen atoms in total. The van der Waals surface area contributed by atoms with Crippen molar-refractivity contribution in [1.82, 2.24) is 15.0 Å². The normalized spacial score (nSPS) is 22.2. The number of nitrogens with zero attached hydrogens (tertiary/aromatic N) is 3. The lowest BCUT2D eigenvalue weighted by Crippen LogP contribution is -2.40. The molecular formula is C12H21N3O2. The van der Waals surface area contributed by atoms with E-state index in [9.17, 15) is 0 Å². The predicted molar refractivity (Wildman–Crippen MR) is 63.6 cm³/mol. The van der Waals surface area contributed by atoms with Gasteiger partial charge in [0.05, 0.1) is 19.3 Å². The Balaban J connectivity index is 2.01. The molecule has 1 aliphatic heterocycles. The third kappa shape index (κ3) is 3.26. The van der Waals surface area contributed by atoms with E-state index in [1.165, 1.54) is 6.42 Å². The monoisotopic (exact) mass is 239 g/mol. The highest BCUT2D eigenvalue weighted by atomic mass is 16.5. The van der Waals surface area contributed by atoms with Gasteiger partial charge in [-0.2, -0.15) is 4.98 Å². The van der Waals surface area contributed by atoms with Crippen LogP contribution < -0.4 is 0 Å². The maximum atomic E-state index is 5.52. The number of ether oxygens (including phenoxy) is 1. The smallest absolute Gasteiger partial charge is 0.223 e. The molecule has 1 unspecified atom stereocenters. The molecule has 0 amide bonds. The van der Waals surface area contributed by atoms with Gasteiger partial charge in [0.25, 0.3) is 0 Å². The average molecular weight is 239 g/mol. The van der Waals surface area contributed by atoms with E-state index in [0.717, 1.165) is 25.5 Å². The Morgan fingerprint density at radius 2 is 2.29 bits per heavy atom. The zero-order chi connectivity index (χ0) is 12.3. The van der Waals surface area contributed by atoms with E-state index in [-0.39, 0.29) is 6.04 Å². The summed E-state index contributed by atoms with van der Waals surface area (Å²) in [6, 6.07) is 0.153. The van der Waals surface area contributed by atoms with Crippen LogP contribution in [0.4, 0.5) is 0 Å². The lowest BCUT2D eigenvalue weighted by atomic mass is 10.1.